The summed E-state index contributed by atoms with van der Waals surface area (Å²) in [4.78, 5) is 54.2. The molecule has 0 fully saturated rings. The van der Waals surface area contributed by atoms with Crippen molar-refractivity contribution in [2.45, 2.75) is 162 Å². The molecule has 0 bridgehead atoms. The van der Waals surface area contributed by atoms with E-state index >= 15 is 0 Å². The van der Waals surface area contributed by atoms with Gasteiger partial charge in [-0.2, -0.15) is 0 Å². The van der Waals surface area contributed by atoms with E-state index in [2.05, 4.69) is 55.4 Å². The molecule has 0 aliphatic rings. The minimum atomic E-state index is -6.04. The summed E-state index contributed by atoms with van der Waals surface area (Å²) in [6.07, 6.45) is 2.86. The molecule has 0 aromatic rings. The Morgan fingerprint density at radius 2 is 0.556 bits per heavy atom. The Balaban J connectivity index is 6.74. The van der Waals surface area contributed by atoms with Gasteiger partial charge in [0.05, 0.1) is 0 Å². The number of carbonyl (C=O) groups excluding carboxylic acids is 4. The normalized spacial score (nSPS) is 13.4. The van der Waals surface area contributed by atoms with Crippen LogP contribution in [0.3, 0.4) is 0 Å². The molecule has 0 aliphatic heterocycles. The first kappa shape index (κ1) is 43.7. The maximum atomic E-state index is 13.5. The zero-order valence-corrected chi connectivity index (χ0v) is 34.6. The van der Waals surface area contributed by atoms with Crippen LogP contribution < -0.4 is 0 Å². The summed E-state index contributed by atoms with van der Waals surface area (Å²) in [6.45, 7) is 32.2. The molecule has 45 heavy (non-hydrogen) atoms. The van der Waals surface area contributed by atoms with Crippen molar-refractivity contribution in [3.05, 3.63) is 0 Å². The number of carbonyl (C=O) groups is 4. The molecule has 0 atom stereocenters. The van der Waals surface area contributed by atoms with E-state index in [1.165, 1.54) is 0 Å². The van der Waals surface area contributed by atoms with Gasteiger partial charge in [0.2, 0.25) is 0 Å². The van der Waals surface area contributed by atoms with E-state index in [0.717, 1.165) is 25.7 Å². The first-order valence-corrected chi connectivity index (χ1v) is 21.6. The van der Waals surface area contributed by atoms with Gasteiger partial charge in [-0.1, -0.05) is 0 Å². The zero-order valence-electron chi connectivity index (χ0n) is 31.7. The summed E-state index contributed by atoms with van der Waals surface area (Å²) in [5.41, 5.74) is -1.78. The average molecular weight is 748 g/mol. The minimum absolute atomic E-state index is 0.0208. The van der Waals surface area contributed by atoms with Crippen molar-refractivity contribution in [3.63, 3.8) is 0 Å². The third kappa shape index (κ3) is 20.5. The molecular formula is C36H68O8Sn. The predicted octanol–water partition coefficient (Wildman–Crippen LogP) is 9.44. The molecule has 0 aliphatic carbocycles. The molecule has 0 aromatic heterocycles. The van der Waals surface area contributed by atoms with Crippen LogP contribution in [-0.4, -0.2) is 43.9 Å². The summed E-state index contributed by atoms with van der Waals surface area (Å²) < 4.78 is 23.6. The van der Waals surface area contributed by atoms with Gasteiger partial charge >= 0.3 is 283 Å². The Morgan fingerprint density at radius 1 is 0.400 bits per heavy atom. The topological polar surface area (TPSA) is 105 Å². The predicted molar refractivity (Wildman–Crippen MR) is 182 cm³/mol. The summed E-state index contributed by atoms with van der Waals surface area (Å²) in [7, 11) is 0. The molecule has 9 heteroatoms. The number of hydrogen-bond donors (Lipinski definition) is 0. The molecule has 0 saturated heterocycles. The van der Waals surface area contributed by atoms with Gasteiger partial charge in [-0.3, -0.25) is 0 Å². The van der Waals surface area contributed by atoms with Gasteiger partial charge in [-0.25, -0.2) is 0 Å². The number of rotatable bonds is 20. The second-order valence-corrected chi connectivity index (χ2v) is 23.3. The van der Waals surface area contributed by atoms with E-state index in [0.29, 0.717) is 23.7 Å². The quantitative estimate of drug-likeness (QED) is 0.114. The molecule has 0 unspecified atom stereocenters. The van der Waals surface area contributed by atoms with Crippen molar-refractivity contribution in [2.75, 3.05) is 0 Å². The van der Waals surface area contributed by atoms with Crippen LogP contribution in [-0.2, 0) is 31.5 Å². The van der Waals surface area contributed by atoms with Crippen molar-refractivity contribution in [2.24, 2.45) is 45.3 Å². The van der Waals surface area contributed by atoms with Crippen LogP contribution in [0.25, 0.3) is 0 Å². The molecule has 0 heterocycles. The van der Waals surface area contributed by atoms with Crippen LogP contribution in [0.1, 0.15) is 162 Å². The van der Waals surface area contributed by atoms with Gasteiger partial charge in [-0.05, 0) is 0 Å². The molecule has 0 N–H and O–H groups in total. The standard InChI is InChI=1S/4C9H18O2.Sn/c4*1-7(2)5-9(3,4)6-8(10)11;/h4*7H,5-6H2,1-4H3,(H,10,11);/q;;;;+4/p-4. The molecular weight excluding hydrogens is 679 g/mol. The number of hydrogen-bond acceptors (Lipinski definition) is 8. The molecule has 0 aromatic carbocycles. The fraction of sp³-hybridized carbons (Fsp3) is 0.889. The molecule has 0 amide bonds. The first-order chi connectivity index (χ1) is 20.1. The van der Waals surface area contributed by atoms with Crippen LogP contribution >= 0.6 is 0 Å². The monoisotopic (exact) mass is 748 g/mol. The van der Waals surface area contributed by atoms with Gasteiger partial charge in [0, 0.05) is 0 Å². The SMILES string of the molecule is CC(C)CC(C)(C)CC(=O)[O][Sn]([O]C(=O)CC(C)(C)CC(C)C)([O]C(=O)CC(C)(C)CC(C)C)[O]C(=O)CC(C)(C)CC(C)C. The zero-order chi connectivity index (χ0) is 35.6. The molecule has 264 valence electrons. The Hall–Kier alpha value is -1.32. The van der Waals surface area contributed by atoms with Gasteiger partial charge in [0.15, 0.2) is 0 Å². The van der Waals surface area contributed by atoms with E-state index in [9.17, 15) is 19.2 Å². The van der Waals surface area contributed by atoms with E-state index in [4.69, 9.17) is 12.3 Å². The van der Waals surface area contributed by atoms with Crippen LogP contribution in [0.15, 0.2) is 0 Å². The molecule has 0 radical (unpaired) electrons. The van der Waals surface area contributed by atoms with E-state index < -0.39 is 65.6 Å². The van der Waals surface area contributed by atoms with Gasteiger partial charge in [0.1, 0.15) is 0 Å². The van der Waals surface area contributed by atoms with Gasteiger partial charge < -0.3 is 0 Å². The van der Waals surface area contributed by atoms with E-state index in [1.807, 2.05) is 55.4 Å². The van der Waals surface area contributed by atoms with Gasteiger partial charge in [-0.15, -0.1) is 0 Å². The fourth-order valence-electron chi connectivity index (χ4n) is 7.10. The fourth-order valence-corrected chi connectivity index (χ4v) is 11.8. The Labute approximate surface area is 281 Å². The summed E-state index contributed by atoms with van der Waals surface area (Å²) in [5.74, 6) is -1.56. The Bertz CT molecular complexity index is 818. The second-order valence-electron chi connectivity index (χ2n) is 18.2. The van der Waals surface area contributed by atoms with Crippen molar-refractivity contribution in [3.8, 4) is 0 Å². The van der Waals surface area contributed by atoms with Crippen molar-refractivity contribution in [1.82, 2.24) is 0 Å². The van der Waals surface area contributed by atoms with Crippen LogP contribution in [0.2, 0.25) is 0 Å². The van der Waals surface area contributed by atoms with E-state index in [-0.39, 0.29) is 25.7 Å². The first-order valence-electron chi connectivity index (χ1n) is 16.9. The summed E-state index contributed by atoms with van der Waals surface area (Å²) in [5, 5.41) is 0. The summed E-state index contributed by atoms with van der Waals surface area (Å²) >= 11 is -6.04. The van der Waals surface area contributed by atoms with Crippen LogP contribution in [0, 0.1) is 45.3 Å². The van der Waals surface area contributed by atoms with E-state index in [1.54, 1.807) is 0 Å². The third-order valence-corrected chi connectivity index (χ3v) is 12.7. The Morgan fingerprint density at radius 3 is 0.689 bits per heavy atom. The van der Waals surface area contributed by atoms with Crippen LogP contribution in [0.4, 0.5) is 0 Å². The Kier molecular flexibility index (Phi) is 17.2. The van der Waals surface area contributed by atoms with Crippen molar-refractivity contribution >= 4 is 43.9 Å². The maximum absolute atomic E-state index is 13.5. The second kappa shape index (κ2) is 17.7. The summed E-state index contributed by atoms with van der Waals surface area (Å²) in [6, 6.07) is 0. The molecule has 0 rings (SSSR count). The van der Waals surface area contributed by atoms with Gasteiger partial charge in [0.25, 0.3) is 0 Å². The third-order valence-electron chi connectivity index (χ3n) is 7.29. The molecule has 8 nitrogen and oxygen atoms in total. The van der Waals surface area contributed by atoms with Crippen LogP contribution in [0.5, 0.6) is 0 Å². The van der Waals surface area contributed by atoms with Crippen molar-refractivity contribution in [1.29, 1.82) is 0 Å². The molecule has 0 spiro atoms. The van der Waals surface area contributed by atoms with Crippen molar-refractivity contribution < 1.29 is 31.5 Å². The average Bonchev–Trinajstić information content (AvgIpc) is 2.66. The molecule has 0 saturated carbocycles.